The summed E-state index contributed by atoms with van der Waals surface area (Å²) in [6, 6.07) is 8.46. The molecule has 0 aliphatic heterocycles. The van der Waals surface area contributed by atoms with E-state index in [0.29, 0.717) is 0 Å². The molecular formula is C18H23NS2. The van der Waals surface area contributed by atoms with Crippen molar-refractivity contribution in [1.29, 1.82) is 0 Å². The van der Waals surface area contributed by atoms with E-state index in [-0.39, 0.29) is 0 Å². The fourth-order valence-electron chi connectivity index (χ4n) is 2.53. The second kappa shape index (κ2) is 6.80. The Bertz CT molecular complexity index is 676. The van der Waals surface area contributed by atoms with Crippen molar-refractivity contribution in [3.63, 3.8) is 0 Å². The van der Waals surface area contributed by atoms with Gasteiger partial charge in [-0.2, -0.15) is 0 Å². The van der Waals surface area contributed by atoms with Crippen molar-refractivity contribution in [2.45, 2.75) is 36.5 Å². The van der Waals surface area contributed by atoms with E-state index in [1.165, 1.54) is 29.4 Å². The summed E-state index contributed by atoms with van der Waals surface area (Å²) < 4.78 is 0. The van der Waals surface area contributed by atoms with E-state index < -0.39 is 0 Å². The Morgan fingerprint density at radius 3 is 2.57 bits per heavy atom. The molecular weight excluding hydrogens is 294 g/mol. The van der Waals surface area contributed by atoms with Crippen LogP contribution in [0.5, 0.6) is 0 Å². The molecule has 2 aromatic rings. The van der Waals surface area contributed by atoms with Crippen LogP contribution < -0.4 is 0 Å². The van der Waals surface area contributed by atoms with E-state index in [9.17, 15) is 0 Å². The zero-order valence-electron chi connectivity index (χ0n) is 13.0. The highest BCUT2D eigenvalue weighted by Gasteiger charge is 2.10. The quantitative estimate of drug-likeness (QED) is 0.696. The second-order valence-electron chi connectivity index (χ2n) is 5.57. The number of fused-ring (bicyclic) bond motifs is 1. The predicted octanol–water partition coefficient (Wildman–Crippen LogP) is 5.43. The van der Waals surface area contributed by atoms with Gasteiger partial charge >= 0.3 is 0 Å². The third kappa shape index (κ3) is 3.58. The number of rotatable bonds is 5. The lowest BCUT2D eigenvalue weighted by molar-refractivity contribution is 0.463. The lowest BCUT2D eigenvalue weighted by Gasteiger charge is -2.23. The Morgan fingerprint density at radius 2 is 1.90 bits per heavy atom. The highest BCUT2D eigenvalue weighted by atomic mass is 32.1. The summed E-state index contributed by atoms with van der Waals surface area (Å²) in [7, 11) is 2.11. The molecule has 1 nitrogen and oxygen atoms in total. The van der Waals surface area contributed by atoms with Crippen LogP contribution in [0, 0.1) is 6.92 Å². The number of thiol groups is 2. The highest BCUT2D eigenvalue weighted by molar-refractivity contribution is 7.81. The van der Waals surface area contributed by atoms with E-state index in [0.717, 1.165) is 27.4 Å². The Labute approximate surface area is 138 Å². The zero-order chi connectivity index (χ0) is 15.6. The smallest absolute Gasteiger partial charge is 0.0367 e. The molecule has 0 radical (unpaired) electrons. The standard InChI is InChI=1S/C18H23NS2/c1-5-6-7-19(4)13(3)16-10-14-9-15(20)11-18(21)17(14)8-12(16)2/h8-11,20-21H,3,5-7H2,1-2,4H3. The van der Waals surface area contributed by atoms with Gasteiger partial charge in [0.1, 0.15) is 0 Å². The molecule has 0 N–H and O–H groups in total. The third-order valence-corrected chi connectivity index (χ3v) is 4.51. The normalized spacial score (nSPS) is 10.9. The molecule has 0 aromatic heterocycles. The monoisotopic (exact) mass is 317 g/mol. The number of unbranched alkanes of at least 4 members (excludes halogenated alkanes) is 1. The largest absolute Gasteiger partial charge is 0.375 e. The van der Waals surface area contributed by atoms with Gasteiger partial charge in [-0.05, 0) is 53.9 Å². The van der Waals surface area contributed by atoms with Crippen LogP contribution >= 0.6 is 25.3 Å². The van der Waals surface area contributed by atoms with Crippen LogP contribution in [-0.4, -0.2) is 18.5 Å². The van der Waals surface area contributed by atoms with Crippen LogP contribution in [0.1, 0.15) is 30.9 Å². The average molecular weight is 318 g/mol. The summed E-state index contributed by atoms with van der Waals surface area (Å²) in [4.78, 5) is 4.15. The van der Waals surface area contributed by atoms with Crippen molar-refractivity contribution in [2.24, 2.45) is 0 Å². The van der Waals surface area contributed by atoms with E-state index in [4.69, 9.17) is 0 Å². The highest BCUT2D eigenvalue weighted by Crippen LogP contribution is 2.31. The van der Waals surface area contributed by atoms with E-state index in [1.54, 1.807) is 0 Å². The molecule has 0 saturated carbocycles. The number of hydrogen-bond donors (Lipinski definition) is 2. The first-order valence-corrected chi connectivity index (χ1v) is 8.20. The minimum Gasteiger partial charge on any atom is -0.375 e. The van der Waals surface area contributed by atoms with Gasteiger partial charge in [0.2, 0.25) is 0 Å². The van der Waals surface area contributed by atoms with Crippen LogP contribution in [0.3, 0.4) is 0 Å². The molecule has 0 amide bonds. The first-order chi connectivity index (χ1) is 9.93. The number of nitrogens with zero attached hydrogens (tertiary/aromatic N) is 1. The van der Waals surface area contributed by atoms with E-state index in [2.05, 4.69) is 75.8 Å². The van der Waals surface area contributed by atoms with Crippen molar-refractivity contribution < 1.29 is 0 Å². The molecule has 0 fully saturated rings. The van der Waals surface area contributed by atoms with Crippen LogP contribution in [0.4, 0.5) is 0 Å². The molecule has 0 aliphatic carbocycles. The topological polar surface area (TPSA) is 3.24 Å². The molecule has 0 heterocycles. The first-order valence-electron chi connectivity index (χ1n) is 7.30. The molecule has 0 atom stereocenters. The molecule has 0 unspecified atom stereocenters. The minimum atomic E-state index is 0.937. The predicted molar refractivity (Wildman–Crippen MR) is 99.8 cm³/mol. The summed E-state index contributed by atoms with van der Waals surface area (Å²) >= 11 is 9.01. The fraction of sp³-hybridized carbons (Fsp3) is 0.333. The Kier molecular flexibility index (Phi) is 5.28. The van der Waals surface area contributed by atoms with Crippen LogP contribution in [0.2, 0.25) is 0 Å². The number of aryl methyl sites for hydroxylation is 1. The van der Waals surface area contributed by atoms with Gasteiger partial charge in [-0.1, -0.05) is 19.9 Å². The van der Waals surface area contributed by atoms with Gasteiger partial charge in [0.15, 0.2) is 0 Å². The molecule has 0 bridgehead atoms. The lowest BCUT2D eigenvalue weighted by atomic mass is 9.99. The maximum absolute atomic E-state index is 4.56. The SMILES string of the molecule is C=C(c1cc2cc(S)cc(S)c2cc1C)N(C)CCCC. The van der Waals surface area contributed by atoms with E-state index in [1.807, 2.05) is 6.07 Å². The second-order valence-corrected chi connectivity index (χ2v) is 6.57. The van der Waals surface area contributed by atoms with Gasteiger partial charge in [0, 0.05) is 34.6 Å². The zero-order valence-corrected chi connectivity index (χ0v) is 14.8. The average Bonchev–Trinajstić information content (AvgIpc) is 2.44. The lowest BCUT2D eigenvalue weighted by Crippen LogP contribution is -2.17. The van der Waals surface area contributed by atoms with Gasteiger partial charge in [-0.3, -0.25) is 0 Å². The van der Waals surface area contributed by atoms with Gasteiger partial charge in [0.25, 0.3) is 0 Å². The number of hydrogen-bond acceptors (Lipinski definition) is 3. The third-order valence-electron chi connectivity index (χ3n) is 3.88. The van der Waals surface area contributed by atoms with Gasteiger partial charge in [0.05, 0.1) is 0 Å². The van der Waals surface area contributed by atoms with Gasteiger partial charge in [-0.25, -0.2) is 0 Å². The van der Waals surface area contributed by atoms with Crippen molar-refractivity contribution in [2.75, 3.05) is 13.6 Å². The number of benzene rings is 2. The molecule has 0 saturated heterocycles. The summed E-state index contributed by atoms with van der Waals surface area (Å²) in [5.74, 6) is 0. The Hall–Kier alpha value is -1.06. The first kappa shape index (κ1) is 16.3. The summed E-state index contributed by atoms with van der Waals surface area (Å²) in [6.07, 6.45) is 2.38. The molecule has 0 spiro atoms. The van der Waals surface area contributed by atoms with Crippen molar-refractivity contribution >= 4 is 41.7 Å². The molecule has 112 valence electrons. The van der Waals surface area contributed by atoms with Crippen molar-refractivity contribution in [3.05, 3.63) is 42.0 Å². The van der Waals surface area contributed by atoms with E-state index >= 15 is 0 Å². The summed E-state index contributed by atoms with van der Waals surface area (Å²) in [5, 5.41) is 2.33. The maximum atomic E-state index is 4.56. The fourth-order valence-corrected chi connectivity index (χ4v) is 3.23. The molecule has 2 aromatic carbocycles. The summed E-state index contributed by atoms with van der Waals surface area (Å²) in [5.41, 5.74) is 3.51. The maximum Gasteiger partial charge on any atom is 0.0367 e. The molecule has 2 rings (SSSR count). The van der Waals surface area contributed by atoms with Crippen LogP contribution in [0.15, 0.2) is 40.6 Å². The molecule has 3 heteroatoms. The Balaban J connectivity index is 2.45. The van der Waals surface area contributed by atoms with Gasteiger partial charge in [-0.15, -0.1) is 25.3 Å². The van der Waals surface area contributed by atoms with Crippen LogP contribution in [0.25, 0.3) is 16.5 Å². The Morgan fingerprint density at radius 1 is 1.19 bits per heavy atom. The van der Waals surface area contributed by atoms with Crippen LogP contribution in [-0.2, 0) is 0 Å². The summed E-state index contributed by atoms with van der Waals surface area (Å²) in [6.45, 7) is 9.66. The van der Waals surface area contributed by atoms with Crippen molar-refractivity contribution in [1.82, 2.24) is 4.90 Å². The minimum absolute atomic E-state index is 0.937. The molecule has 0 aliphatic rings. The molecule has 21 heavy (non-hydrogen) atoms. The van der Waals surface area contributed by atoms with Gasteiger partial charge < -0.3 is 4.90 Å². The van der Waals surface area contributed by atoms with Crippen molar-refractivity contribution in [3.8, 4) is 0 Å².